The smallest absolute Gasteiger partial charge is 0.351 e. The number of esters is 1. The Morgan fingerprint density at radius 3 is 2.80 bits per heavy atom. The molecule has 2 heterocycles. The highest BCUT2D eigenvalue weighted by Crippen LogP contribution is 2.39. The molecule has 0 radical (unpaired) electrons. The first-order valence-electron chi connectivity index (χ1n) is 8.88. The van der Waals surface area contributed by atoms with Gasteiger partial charge in [-0.1, -0.05) is 35.3 Å². The van der Waals surface area contributed by atoms with Crippen LogP contribution in [0.1, 0.15) is 28.3 Å². The second-order valence-corrected chi connectivity index (χ2v) is 8.30. The minimum absolute atomic E-state index is 0.0365. The van der Waals surface area contributed by atoms with Crippen LogP contribution in [0.4, 0.5) is 0 Å². The van der Waals surface area contributed by atoms with E-state index in [0.717, 1.165) is 11.0 Å². The van der Waals surface area contributed by atoms with Crippen molar-refractivity contribution in [1.29, 1.82) is 0 Å². The maximum atomic E-state index is 12.4. The third-order valence-electron chi connectivity index (χ3n) is 4.55. The molecule has 0 spiro atoms. The molecule has 30 heavy (non-hydrogen) atoms. The van der Waals surface area contributed by atoms with Crippen molar-refractivity contribution >= 4 is 51.5 Å². The summed E-state index contributed by atoms with van der Waals surface area (Å²) in [7, 11) is 1.31. The summed E-state index contributed by atoms with van der Waals surface area (Å²) < 4.78 is 12.8. The topological polar surface area (TPSA) is 73.6 Å². The van der Waals surface area contributed by atoms with Gasteiger partial charge in [0.05, 0.1) is 23.2 Å². The SMILES string of the molecule is COC(=O)c1sc(-n2cnc3ccc(Cl)cc32)cc1OC(C)c1cccc(O)c1Cl. The van der Waals surface area contributed by atoms with Crippen LogP contribution in [0.5, 0.6) is 11.5 Å². The first-order valence-corrected chi connectivity index (χ1v) is 10.5. The molecule has 0 fully saturated rings. The van der Waals surface area contributed by atoms with Gasteiger partial charge in [-0.25, -0.2) is 9.78 Å². The first kappa shape index (κ1) is 20.5. The number of aromatic nitrogens is 2. The van der Waals surface area contributed by atoms with Gasteiger partial charge >= 0.3 is 5.97 Å². The van der Waals surface area contributed by atoms with Crippen LogP contribution < -0.4 is 4.74 Å². The maximum absolute atomic E-state index is 12.4. The number of halogens is 2. The molecule has 4 aromatic rings. The van der Waals surface area contributed by atoms with Crippen LogP contribution in [0.3, 0.4) is 0 Å². The minimum atomic E-state index is -0.524. The molecule has 0 aliphatic carbocycles. The van der Waals surface area contributed by atoms with Gasteiger partial charge in [-0.3, -0.25) is 4.57 Å². The van der Waals surface area contributed by atoms with E-state index in [9.17, 15) is 9.90 Å². The van der Waals surface area contributed by atoms with Gasteiger partial charge in [0, 0.05) is 16.7 Å². The van der Waals surface area contributed by atoms with Gasteiger partial charge in [-0.05, 0) is 31.2 Å². The summed E-state index contributed by atoms with van der Waals surface area (Å²) in [5, 5.41) is 11.4. The summed E-state index contributed by atoms with van der Waals surface area (Å²) in [6, 6.07) is 12.1. The first-order chi connectivity index (χ1) is 14.4. The van der Waals surface area contributed by atoms with Crippen molar-refractivity contribution in [3.63, 3.8) is 0 Å². The van der Waals surface area contributed by atoms with Gasteiger partial charge in [0.1, 0.15) is 28.9 Å². The van der Waals surface area contributed by atoms with Crippen molar-refractivity contribution < 1.29 is 19.4 Å². The number of rotatable bonds is 5. The molecule has 0 saturated carbocycles. The Labute approximate surface area is 186 Å². The van der Waals surface area contributed by atoms with Gasteiger partial charge in [0.15, 0.2) is 4.88 Å². The van der Waals surface area contributed by atoms with Crippen molar-refractivity contribution in [2.24, 2.45) is 0 Å². The largest absolute Gasteiger partial charge is 0.506 e. The summed E-state index contributed by atoms with van der Waals surface area (Å²) in [6.45, 7) is 1.78. The van der Waals surface area contributed by atoms with Gasteiger partial charge in [-0.15, -0.1) is 11.3 Å². The fourth-order valence-electron chi connectivity index (χ4n) is 3.06. The molecule has 154 valence electrons. The Balaban J connectivity index is 1.76. The molecular formula is C21H16Cl2N2O4S. The second kappa shape index (κ2) is 8.18. The third kappa shape index (κ3) is 3.71. The zero-order chi connectivity index (χ0) is 21.4. The lowest BCUT2D eigenvalue weighted by Gasteiger charge is -2.16. The van der Waals surface area contributed by atoms with Gasteiger partial charge in [-0.2, -0.15) is 0 Å². The van der Waals surface area contributed by atoms with Crippen LogP contribution in [0, 0.1) is 0 Å². The minimum Gasteiger partial charge on any atom is -0.506 e. The standard InChI is InChI=1S/C21H16Cl2N2O4S/c1-11(13-4-3-5-16(26)19(13)23)29-17-9-18(30-20(17)21(27)28-2)25-10-24-14-7-6-12(22)8-15(14)25/h3-11,26H,1-2H3. The molecule has 0 bridgehead atoms. The van der Waals surface area contributed by atoms with E-state index in [0.29, 0.717) is 26.2 Å². The molecule has 1 unspecified atom stereocenters. The highest BCUT2D eigenvalue weighted by molar-refractivity contribution is 7.16. The molecule has 1 atom stereocenters. The quantitative estimate of drug-likeness (QED) is 0.366. The maximum Gasteiger partial charge on any atom is 0.351 e. The van der Waals surface area contributed by atoms with E-state index in [4.69, 9.17) is 32.7 Å². The van der Waals surface area contributed by atoms with E-state index >= 15 is 0 Å². The number of hydrogen-bond acceptors (Lipinski definition) is 6. The molecular weight excluding hydrogens is 447 g/mol. The number of ether oxygens (including phenoxy) is 2. The summed E-state index contributed by atoms with van der Waals surface area (Å²) >= 11 is 13.6. The van der Waals surface area contributed by atoms with Crippen LogP contribution in [0.15, 0.2) is 48.8 Å². The van der Waals surface area contributed by atoms with E-state index in [1.807, 2.05) is 10.6 Å². The number of hydrogen-bond donors (Lipinski definition) is 1. The lowest BCUT2D eigenvalue weighted by Crippen LogP contribution is -2.07. The molecule has 0 aliphatic heterocycles. The average Bonchev–Trinajstić information content (AvgIpc) is 3.33. The number of phenolic OH excluding ortho intramolecular Hbond substituents is 1. The van der Waals surface area contributed by atoms with Crippen molar-refractivity contribution in [1.82, 2.24) is 9.55 Å². The Hall–Kier alpha value is -2.74. The highest BCUT2D eigenvalue weighted by atomic mass is 35.5. The molecule has 0 aliphatic rings. The number of imidazole rings is 1. The number of carbonyl (C=O) groups is 1. The lowest BCUT2D eigenvalue weighted by molar-refractivity contribution is 0.0600. The second-order valence-electron chi connectivity index (χ2n) is 6.46. The predicted octanol–water partition coefficient (Wildman–Crippen LogP) is 6.03. The predicted molar refractivity (Wildman–Crippen MR) is 117 cm³/mol. The van der Waals surface area contributed by atoms with E-state index in [1.165, 1.54) is 24.5 Å². The molecule has 2 aromatic carbocycles. The van der Waals surface area contributed by atoms with Crippen molar-refractivity contribution in [3.05, 3.63) is 69.3 Å². The van der Waals surface area contributed by atoms with Gasteiger partial charge < -0.3 is 14.6 Å². The highest BCUT2D eigenvalue weighted by Gasteiger charge is 2.23. The molecule has 4 rings (SSSR count). The Morgan fingerprint density at radius 1 is 1.23 bits per heavy atom. The van der Waals surface area contributed by atoms with Crippen molar-refractivity contribution in [2.45, 2.75) is 13.0 Å². The number of thiophene rings is 1. The molecule has 9 heteroatoms. The van der Waals surface area contributed by atoms with Crippen LogP contribution in [-0.4, -0.2) is 27.7 Å². The monoisotopic (exact) mass is 462 g/mol. The number of carbonyl (C=O) groups excluding carboxylic acids is 1. The summed E-state index contributed by atoms with van der Waals surface area (Å²) in [5.74, 6) is -0.207. The summed E-state index contributed by atoms with van der Waals surface area (Å²) in [4.78, 5) is 17.1. The van der Waals surface area contributed by atoms with E-state index < -0.39 is 12.1 Å². The lowest BCUT2D eigenvalue weighted by atomic mass is 10.1. The van der Waals surface area contributed by atoms with Crippen LogP contribution in [-0.2, 0) is 4.74 Å². The van der Waals surface area contributed by atoms with Crippen molar-refractivity contribution in [3.8, 4) is 16.5 Å². The fraction of sp³-hybridized carbons (Fsp3) is 0.143. The molecule has 2 aromatic heterocycles. The van der Waals surface area contributed by atoms with Crippen molar-refractivity contribution in [2.75, 3.05) is 7.11 Å². The fourth-order valence-corrected chi connectivity index (χ4v) is 4.50. The van der Waals surface area contributed by atoms with Crippen LogP contribution in [0.2, 0.25) is 10.0 Å². The molecule has 0 amide bonds. The third-order valence-corrected chi connectivity index (χ3v) is 6.30. The van der Waals surface area contributed by atoms with E-state index in [2.05, 4.69) is 4.98 Å². The number of fused-ring (bicyclic) bond motifs is 1. The van der Waals surface area contributed by atoms with Gasteiger partial charge in [0.2, 0.25) is 0 Å². The molecule has 1 N–H and O–H groups in total. The average molecular weight is 463 g/mol. The molecule has 6 nitrogen and oxygen atoms in total. The molecule has 0 saturated heterocycles. The van der Waals surface area contributed by atoms with E-state index in [-0.39, 0.29) is 10.8 Å². The normalized spacial score (nSPS) is 12.1. The zero-order valence-corrected chi connectivity index (χ0v) is 18.3. The van der Waals surface area contributed by atoms with Crippen LogP contribution in [0.25, 0.3) is 16.0 Å². The van der Waals surface area contributed by atoms with Gasteiger partial charge in [0.25, 0.3) is 0 Å². The number of benzene rings is 2. The zero-order valence-electron chi connectivity index (χ0n) is 15.9. The Bertz CT molecular complexity index is 1250. The Kier molecular flexibility index (Phi) is 5.60. The summed E-state index contributed by atoms with van der Waals surface area (Å²) in [5.41, 5.74) is 2.17. The number of methoxy groups -OCH3 is 1. The number of nitrogens with zero attached hydrogens (tertiary/aromatic N) is 2. The van der Waals surface area contributed by atoms with E-state index in [1.54, 1.807) is 43.6 Å². The summed E-state index contributed by atoms with van der Waals surface area (Å²) in [6.07, 6.45) is 1.14. The Morgan fingerprint density at radius 2 is 2.03 bits per heavy atom. The number of phenols is 1. The number of aromatic hydroxyl groups is 1. The van der Waals surface area contributed by atoms with Crippen LogP contribution >= 0.6 is 34.5 Å².